The number of fused-ring (bicyclic) bond motifs is 1. The maximum Gasteiger partial charge on any atom is 0.0715 e. The molecule has 0 spiro atoms. The monoisotopic (exact) mass is 186 g/mol. The molecule has 0 aliphatic heterocycles. The molecule has 0 saturated heterocycles. The zero-order chi connectivity index (χ0) is 10.1. The van der Waals surface area contributed by atoms with Gasteiger partial charge in [0.15, 0.2) is 0 Å². The van der Waals surface area contributed by atoms with Crippen LogP contribution in [-0.4, -0.2) is 0 Å². The van der Waals surface area contributed by atoms with Gasteiger partial charge in [-0.25, -0.2) is 0 Å². The Morgan fingerprint density at radius 2 is 2.29 bits per heavy atom. The van der Waals surface area contributed by atoms with Gasteiger partial charge in [0.25, 0.3) is 0 Å². The fourth-order valence-electron chi connectivity index (χ4n) is 2.12. The van der Waals surface area contributed by atoms with Crippen LogP contribution < -0.4 is 5.73 Å². The molecule has 0 fully saturated rings. The Kier molecular flexibility index (Phi) is 2.17. The fourth-order valence-corrected chi connectivity index (χ4v) is 2.12. The number of nitrogens with two attached hydrogens (primary N) is 1. The molecule has 0 radical (unpaired) electrons. The molecule has 1 aromatic carbocycles. The second kappa shape index (κ2) is 3.34. The van der Waals surface area contributed by atoms with E-state index in [0.29, 0.717) is 0 Å². The van der Waals surface area contributed by atoms with Gasteiger partial charge in [0.2, 0.25) is 0 Å². The van der Waals surface area contributed by atoms with E-state index in [1.807, 2.05) is 13.0 Å². The first-order chi connectivity index (χ1) is 6.72. The van der Waals surface area contributed by atoms with Gasteiger partial charge in [-0.2, -0.15) is 5.26 Å². The Balaban J connectivity index is 2.54. The SMILES string of the molecule is Cc1cc2c(cc1N)CCCC2C#N. The van der Waals surface area contributed by atoms with E-state index in [-0.39, 0.29) is 5.92 Å². The van der Waals surface area contributed by atoms with E-state index in [4.69, 9.17) is 11.0 Å². The zero-order valence-electron chi connectivity index (χ0n) is 8.38. The van der Waals surface area contributed by atoms with Crippen LogP contribution in [0.3, 0.4) is 0 Å². The maximum atomic E-state index is 9.02. The van der Waals surface area contributed by atoms with Crippen LogP contribution in [0.1, 0.15) is 35.4 Å². The third-order valence-electron chi connectivity index (χ3n) is 3.00. The molecule has 0 saturated carbocycles. The number of rotatable bonds is 0. The average molecular weight is 186 g/mol. The number of aryl methyl sites for hydroxylation is 2. The lowest BCUT2D eigenvalue weighted by molar-refractivity contribution is 0.636. The van der Waals surface area contributed by atoms with E-state index in [2.05, 4.69) is 12.1 Å². The number of benzene rings is 1. The van der Waals surface area contributed by atoms with Gasteiger partial charge in [-0.1, -0.05) is 6.07 Å². The van der Waals surface area contributed by atoms with Crippen LogP contribution in [0.25, 0.3) is 0 Å². The van der Waals surface area contributed by atoms with Gasteiger partial charge < -0.3 is 5.73 Å². The van der Waals surface area contributed by atoms with Gasteiger partial charge in [0.1, 0.15) is 0 Å². The first-order valence-electron chi connectivity index (χ1n) is 5.01. The largest absolute Gasteiger partial charge is 0.399 e. The van der Waals surface area contributed by atoms with Crippen molar-refractivity contribution in [2.24, 2.45) is 0 Å². The van der Waals surface area contributed by atoms with Crippen LogP contribution in [0.15, 0.2) is 12.1 Å². The number of nitrogens with zero attached hydrogens (tertiary/aromatic N) is 1. The lowest BCUT2D eigenvalue weighted by Gasteiger charge is -2.21. The first kappa shape index (κ1) is 9.08. The second-order valence-electron chi connectivity index (χ2n) is 3.98. The van der Waals surface area contributed by atoms with Crippen molar-refractivity contribution in [3.63, 3.8) is 0 Å². The van der Waals surface area contributed by atoms with Crippen molar-refractivity contribution >= 4 is 5.69 Å². The van der Waals surface area contributed by atoms with Crippen LogP contribution >= 0.6 is 0 Å². The van der Waals surface area contributed by atoms with Crippen molar-refractivity contribution in [2.45, 2.75) is 32.1 Å². The Morgan fingerprint density at radius 3 is 3.00 bits per heavy atom. The van der Waals surface area contributed by atoms with Crippen molar-refractivity contribution in [2.75, 3.05) is 5.73 Å². The van der Waals surface area contributed by atoms with Crippen molar-refractivity contribution < 1.29 is 0 Å². The molecule has 2 rings (SSSR count). The van der Waals surface area contributed by atoms with Gasteiger partial charge in [0.05, 0.1) is 12.0 Å². The Labute approximate surface area is 84.3 Å². The molecule has 0 bridgehead atoms. The molecule has 1 aliphatic rings. The molecule has 2 N–H and O–H groups in total. The maximum absolute atomic E-state index is 9.02. The summed E-state index contributed by atoms with van der Waals surface area (Å²) in [6.07, 6.45) is 3.17. The summed E-state index contributed by atoms with van der Waals surface area (Å²) in [5.74, 6) is 0.0815. The van der Waals surface area contributed by atoms with E-state index >= 15 is 0 Å². The zero-order valence-corrected chi connectivity index (χ0v) is 8.38. The number of hydrogen-bond acceptors (Lipinski definition) is 2. The minimum Gasteiger partial charge on any atom is -0.399 e. The van der Waals surface area contributed by atoms with E-state index in [9.17, 15) is 0 Å². The van der Waals surface area contributed by atoms with Crippen LogP contribution in [0.5, 0.6) is 0 Å². The molecular formula is C12H14N2. The smallest absolute Gasteiger partial charge is 0.0715 e. The molecule has 0 amide bonds. The van der Waals surface area contributed by atoms with E-state index in [1.165, 1.54) is 11.1 Å². The normalized spacial score (nSPS) is 19.9. The third-order valence-corrected chi connectivity index (χ3v) is 3.00. The highest BCUT2D eigenvalue weighted by atomic mass is 14.6. The number of hydrogen-bond donors (Lipinski definition) is 1. The Hall–Kier alpha value is -1.49. The third kappa shape index (κ3) is 1.35. The van der Waals surface area contributed by atoms with Crippen molar-refractivity contribution in [1.29, 1.82) is 5.26 Å². The molecule has 0 aromatic heterocycles. The minimum atomic E-state index is 0.0815. The summed E-state index contributed by atoms with van der Waals surface area (Å²) >= 11 is 0. The van der Waals surface area contributed by atoms with Crippen LogP contribution in [0.4, 0.5) is 5.69 Å². The van der Waals surface area contributed by atoms with Crippen molar-refractivity contribution in [1.82, 2.24) is 0 Å². The summed E-state index contributed by atoms with van der Waals surface area (Å²) in [7, 11) is 0. The van der Waals surface area contributed by atoms with E-state index in [1.54, 1.807) is 0 Å². The predicted molar refractivity (Wildman–Crippen MR) is 56.9 cm³/mol. The summed E-state index contributed by atoms with van der Waals surface area (Å²) in [6, 6.07) is 6.48. The quantitative estimate of drug-likeness (QED) is 0.633. The molecular weight excluding hydrogens is 172 g/mol. The van der Waals surface area contributed by atoms with Gasteiger partial charge in [-0.05, 0) is 48.9 Å². The standard InChI is InChI=1S/C12H14N2/c1-8-5-11-9(6-12(8)14)3-2-4-10(11)7-13/h5-6,10H,2-4,14H2,1H3. The number of nitriles is 1. The molecule has 1 unspecified atom stereocenters. The summed E-state index contributed by atoms with van der Waals surface area (Å²) < 4.78 is 0. The van der Waals surface area contributed by atoms with Crippen LogP contribution in [0, 0.1) is 18.3 Å². The fraction of sp³-hybridized carbons (Fsp3) is 0.417. The van der Waals surface area contributed by atoms with Gasteiger partial charge in [-0.15, -0.1) is 0 Å². The van der Waals surface area contributed by atoms with Crippen LogP contribution in [-0.2, 0) is 6.42 Å². The van der Waals surface area contributed by atoms with Gasteiger partial charge in [0, 0.05) is 5.69 Å². The molecule has 1 aromatic rings. The molecule has 14 heavy (non-hydrogen) atoms. The molecule has 1 aliphatic carbocycles. The predicted octanol–water partition coefficient (Wildman–Crippen LogP) is 2.52. The number of nitrogen functional groups attached to an aromatic ring is 1. The van der Waals surface area contributed by atoms with E-state index in [0.717, 1.165) is 30.5 Å². The second-order valence-corrected chi connectivity index (χ2v) is 3.98. The van der Waals surface area contributed by atoms with Crippen LogP contribution in [0.2, 0.25) is 0 Å². The Bertz CT molecular complexity index is 402. The minimum absolute atomic E-state index is 0.0815. The first-order valence-corrected chi connectivity index (χ1v) is 5.01. The van der Waals surface area contributed by atoms with Crippen molar-refractivity contribution in [3.05, 3.63) is 28.8 Å². The summed E-state index contributed by atoms with van der Waals surface area (Å²) in [5, 5.41) is 9.02. The highest BCUT2D eigenvalue weighted by Gasteiger charge is 2.20. The van der Waals surface area contributed by atoms with Crippen molar-refractivity contribution in [3.8, 4) is 6.07 Å². The van der Waals surface area contributed by atoms with E-state index < -0.39 is 0 Å². The lowest BCUT2D eigenvalue weighted by atomic mass is 9.82. The average Bonchev–Trinajstić information content (AvgIpc) is 2.19. The number of anilines is 1. The summed E-state index contributed by atoms with van der Waals surface area (Å²) in [4.78, 5) is 0. The molecule has 72 valence electrons. The summed E-state index contributed by atoms with van der Waals surface area (Å²) in [6.45, 7) is 2.00. The highest BCUT2D eigenvalue weighted by molar-refractivity contribution is 5.53. The highest BCUT2D eigenvalue weighted by Crippen LogP contribution is 2.33. The van der Waals surface area contributed by atoms with Gasteiger partial charge >= 0.3 is 0 Å². The molecule has 1 atom stereocenters. The molecule has 2 heteroatoms. The van der Waals surface area contributed by atoms with Gasteiger partial charge in [-0.3, -0.25) is 0 Å². The lowest BCUT2D eigenvalue weighted by Crippen LogP contribution is -2.09. The molecule has 0 heterocycles. The summed E-state index contributed by atoms with van der Waals surface area (Å²) in [5.41, 5.74) is 10.3. The topological polar surface area (TPSA) is 49.8 Å². The Morgan fingerprint density at radius 1 is 1.50 bits per heavy atom. The molecule has 2 nitrogen and oxygen atoms in total.